The third-order valence-corrected chi connectivity index (χ3v) is 3.35. The number of nitrogens with one attached hydrogen (secondary N) is 1. The number of thioether (sulfide) groups is 1. The van der Waals surface area contributed by atoms with Crippen molar-refractivity contribution in [3.63, 3.8) is 0 Å². The Morgan fingerprint density at radius 2 is 1.86 bits per heavy atom. The van der Waals surface area contributed by atoms with Crippen LogP contribution in [0.5, 0.6) is 0 Å². The normalized spacial score (nSPS) is 12.6. The van der Waals surface area contributed by atoms with Gasteiger partial charge in [-0.2, -0.15) is 0 Å². The van der Waals surface area contributed by atoms with Gasteiger partial charge in [0.2, 0.25) is 23.6 Å². The van der Waals surface area contributed by atoms with E-state index in [-0.39, 0.29) is 23.6 Å². The molecule has 9 heteroatoms. The summed E-state index contributed by atoms with van der Waals surface area (Å²) < 4.78 is 10.7. The van der Waals surface area contributed by atoms with Crippen molar-refractivity contribution in [2.45, 2.75) is 44.9 Å². The van der Waals surface area contributed by atoms with Crippen molar-refractivity contribution in [2.75, 3.05) is 5.75 Å². The molecule has 0 spiro atoms. The first kappa shape index (κ1) is 15.5. The molecule has 2 aromatic rings. The highest BCUT2D eigenvalue weighted by Gasteiger charge is 2.18. The summed E-state index contributed by atoms with van der Waals surface area (Å²) in [6.07, 6.45) is 0. The summed E-state index contributed by atoms with van der Waals surface area (Å²) in [6, 6.07) is -0.345. The van der Waals surface area contributed by atoms with Gasteiger partial charge in [0, 0.05) is 12.8 Å². The van der Waals surface area contributed by atoms with Crippen LogP contribution in [0.1, 0.15) is 50.4 Å². The van der Waals surface area contributed by atoms with E-state index >= 15 is 0 Å². The average molecular weight is 311 g/mol. The number of carbonyl (C=O) groups is 1. The van der Waals surface area contributed by atoms with Gasteiger partial charge < -0.3 is 14.2 Å². The molecule has 0 aliphatic carbocycles. The molecule has 0 radical (unpaired) electrons. The van der Waals surface area contributed by atoms with E-state index < -0.39 is 0 Å². The molecular formula is C12H17N5O3S. The van der Waals surface area contributed by atoms with Crippen molar-refractivity contribution in [3.05, 3.63) is 17.7 Å². The lowest BCUT2D eigenvalue weighted by Gasteiger charge is -2.08. The Kier molecular flexibility index (Phi) is 4.94. The van der Waals surface area contributed by atoms with E-state index in [9.17, 15) is 4.79 Å². The van der Waals surface area contributed by atoms with Crippen molar-refractivity contribution in [1.29, 1.82) is 0 Å². The molecule has 0 saturated heterocycles. The second-order valence-electron chi connectivity index (χ2n) is 4.80. The minimum atomic E-state index is -0.345. The lowest BCUT2D eigenvalue weighted by Crippen LogP contribution is -2.28. The van der Waals surface area contributed by atoms with Crippen LogP contribution < -0.4 is 5.32 Å². The third-order valence-electron chi connectivity index (χ3n) is 2.53. The van der Waals surface area contributed by atoms with Gasteiger partial charge in [-0.15, -0.1) is 20.4 Å². The molecule has 2 rings (SSSR count). The number of aromatic nitrogens is 4. The van der Waals surface area contributed by atoms with Gasteiger partial charge in [0.25, 0.3) is 5.22 Å². The van der Waals surface area contributed by atoms with Gasteiger partial charge in [-0.1, -0.05) is 25.6 Å². The molecule has 8 nitrogen and oxygen atoms in total. The zero-order chi connectivity index (χ0) is 15.4. The first-order valence-electron chi connectivity index (χ1n) is 6.51. The van der Waals surface area contributed by atoms with Crippen LogP contribution >= 0.6 is 11.8 Å². The number of aryl methyl sites for hydroxylation is 1. The molecule has 2 heterocycles. The monoisotopic (exact) mass is 311 g/mol. The summed E-state index contributed by atoms with van der Waals surface area (Å²) in [5, 5.41) is 18.5. The first-order valence-corrected chi connectivity index (χ1v) is 7.50. The second kappa shape index (κ2) is 6.70. The van der Waals surface area contributed by atoms with Gasteiger partial charge in [-0.05, 0) is 6.92 Å². The quantitative estimate of drug-likeness (QED) is 0.805. The Morgan fingerprint density at radius 1 is 1.14 bits per heavy atom. The van der Waals surface area contributed by atoms with Crippen LogP contribution in [0, 0.1) is 6.92 Å². The number of hydrogen-bond donors (Lipinski definition) is 1. The fraction of sp³-hybridized carbons (Fsp3) is 0.583. The smallest absolute Gasteiger partial charge is 0.277 e. The summed E-state index contributed by atoms with van der Waals surface area (Å²) in [4.78, 5) is 11.8. The van der Waals surface area contributed by atoms with Crippen molar-refractivity contribution in [3.8, 4) is 0 Å². The molecule has 114 valence electrons. The van der Waals surface area contributed by atoms with Crippen LogP contribution in [0.4, 0.5) is 0 Å². The van der Waals surface area contributed by atoms with Crippen LogP contribution in [-0.4, -0.2) is 32.1 Å². The predicted octanol–water partition coefficient (Wildman–Crippen LogP) is 1.85. The Hall–Kier alpha value is -1.90. The Bertz CT molecular complexity index is 610. The maximum absolute atomic E-state index is 11.8. The Morgan fingerprint density at radius 3 is 2.43 bits per heavy atom. The highest BCUT2D eigenvalue weighted by molar-refractivity contribution is 7.99. The SMILES string of the molecule is Cc1nnc(SCC(=O)NC(C)c2nnc(C(C)C)o2)o1. The molecule has 0 bridgehead atoms. The van der Waals surface area contributed by atoms with Gasteiger partial charge >= 0.3 is 0 Å². The molecule has 0 aliphatic heterocycles. The number of rotatable bonds is 6. The molecule has 1 atom stereocenters. The van der Waals surface area contributed by atoms with Crippen LogP contribution in [-0.2, 0) is 4.79 Å². The Labute approximate surface area is 126 Å². The van der Waals surface area contributed by atoms with Gasteiger partial charge in [0.1, 0.15) is 6.04 Å². The van der Waals surface area contributed by atoms with E-state index in [1.54, 1.807) is 13.8 Å². The van der Waals surface area contributed by atoms with E-state index in [4.69, 9.17) is 8.83 Å². The molecule has 2 aromatic heterocycles. The zero-order valence-electron chi connectivity index (χ0n) is 12.3. The van der Waals surface area contributed by atoms with Crippen molar-refractivity contribution >= 4 is 17.7 Å². The molecule has 0 fully saturated rings. The number of amides is 1. The largest absolute Gasteiger partial charge is 0.423 e. The fourth-order valence-corrected chi connectivity index (χ4v) is 2.08. The molecular weight excluding hydrogens is 294 g/mol. The van der Waals surface area contributed by atoms with Gasteiger partial charge in [-0.3, -0.25) is 4.79 Å². The summed E-state index contributed by atoms with van der Waals surface area (Å²) in [6.45, 7) is 7.41. The topological polar surface area (TPSA) is 107 Å². The average Bonchev–Trinajstić information content (AvgIpc) is 3.05. The molecule has 1 unspecified atom stereocenters. The van der Waals surface area contributed by atoms with E-state index in [2.05, 4.69) is 25.7 Å². The molecule has 0 aliphatic rings. The minimum Gasteiger partial charge on any atom is -0.423 e. The molecule has 1 amide bonds. The van der Waals surface area contributed by atoms with E-state index in [0.717, 1.165) is 0 Å². The number of nitrogens with zero attached hydrogens (tertiary/aromatic N) is 4. The fourth-order valence-electron chi connectivity index (χ4n) is 1.46. The molecule has 0 saturated carbocycles. The summed E-state index contributed by atoms with van der Waals surface area (Å²) >= 11 is 1.18. The van der Waals surface area contributed by atoms with Gasteiger partial charge in [0.15, 0.2) is 0 Å². The van der Waals surface area contributed by atoms with Crippen LogP contribution in [0.3, 0.4) is 0 Å². The maximum Gasteiger partial charge on any atom is 0.277 e. The van der Waals surface area contributed by atoms with E-state index in [1.807, 2.05) is 13.8 Å². The second-order valence-corrected chi connectivity index (χ2v) is 5.72. The van der Waals surface area contributed by atoms with Crippen molar-refractivity contribution < 1.29 is 13.6 Å². The molecule has 21 heavy (non-hydrogen) atoms. The first-order chi connectivity index (χ1) is 9.95. The number of carbonyl (C=O) groups excluding carboxylic acids is 1. The maximum atomic E-state index is 11.8. The summed E-state index contributed by atoms with van der Waals surface area (Å²) in [7, 11) is 0. The standard InChI is InChI=1S/C12H17N5O3S/c1-6(2)10-15-16-11(20-10)7(3)13-9(18)5-21-12-17-14-8(4)19-12/h6-7H,5H2,1-4H3,(H,13,18). The lowest BCUT2D eigenvalue weighted by atomic mass is 10.2. The van der Waals surface area contributed by atoms with Crippen molar-refractivity contribution in [2.24, 2.45) is 0 Å². The summed E-state index contributed by atoms with van der Waals surface area (Å²) in [5.41, 5.74) is 0. The zero-order valence-corrected chi connectivity index (χ0v) is 13.1. The van der Waals surface area contributed by atoms with Gasteiger partial charge in [0.05, 0.1) is 5.75 Å². The third kappa shape index (κ3) is 4.28. The lowest BCUT2D eigenvalue weighted by molar-refractivity contribution is -0.119. The van der Waals surface area contributed by atoms with E-state index in [0.29, 0.717) is 22.9 Å². The van der Waals surface area contributed by atoms with Crippen LogP contribution in [0.25, 0.3) is 0 Å². The Balaban J connectivity index is 1.83. The molecule has 1 N–H and O–H groups in total. The van der Waals surface area contributed by atoms with Gasteiger partial charge in [-0.25, -0.2) is 0 Å². The summed E-state index contributed by atoms with van der Waals surface area (Å²) in [5.74, 6) is 1.58. The highest BCUT2D eigenvalue weighted by Crippen LogP contribution is 2.18. The molecule has 0 aromatic carbocycles. The predicted molar refractivity (Wildman–Crippen MR) is 74.7 cm³/mol. The van der Waals surface area contributed by atoms with E-state index in [1.165, 1.54) is 11.8 Å². The van der Waals surface area contributed by atoms with Crippen LogP contribution in [0.2, 0.25) is 0 Å². The highest BCUT2D eigenvalue weighted by atomic mass is 32.2. The minimum absolute atomic E-state index is 0.158. The van der Waals surface area contributed by atoms with Crippen molar-refractivity contribution in [1.82, 2.24) is 25.7 Å². The number of hydrogen-bond acceptors (Lipinski definition) is 8. The van der Waals surface area contributed by atoms with Crippen LogP contribution in [0.15, 0.2) is 14.1 Å².